The molecule has 0 radical (unpaired) electrons. The number of ether oxygens (including phenoxy) is 1. The molecular weight excluding hydrogens is 806 g/mol. The molecule has 4 N–H and O–H groups in total. The molecule has 1 amide bonds. The van der Waals surface area contributed by atoms with Gasteiger partial charge < -0.3 is 25.2 Å². The second-order valence-electron chi connectivity index (χ2n) is 14.1. The highest BCUT2D eigenvalue weighted by Crippen LogP contribution is 2.43. The van der Waals surface area contributed by atoms with Gasteiger partial charge in [0.2, 0.25) is 5.91 Å². The predicted molar refractivity (Wildman–Crippen MR) is 253 cm³/mol. The van der Waals surface area contributed by atoms with E-state index in [1.165, 1.54) is 0 Å². The second-order valence-corrected chi connectivity index (χ2v) is 15.6. The van der Waals surface area contributed by atoms with Gasteiger partial charge in [-0.2, -0.15) is 0 Å². The summed E-state index contributed by atoms with van der Waals surface area (Å²) in [5.41, 5.74) is 0. The number of phosphoric ester groups is 1. The van der Waals surface area contributed by atoms with Crippen LogP contribution in [0.3, 0.4) is 0 Å². The van der Waals surface area contributed by atoms with Crippen molar-refractivity contribution in [1.82, 2.24) is 5.32 Å². The first-order valence-corrected chi connectivity index (χ1v) is 23.7. The van der Waals surface area contributed by atoms with Crippen LogP contribution in [0.5, 0.6) is 0 Å². The molecule has 0 aromatic rings. The van der Waals surface area contributed by atoms with Gasteiger partial charge in [-0.1, -0.05) is 154 Å². The fraction of sp³-hybridized carbons (Fsp3) is 0.500. The van der Waals surface area contributed by atoms with Gasteiger partial charge in [-0.25, -0.2) is 9.36 Å². The van der Waals surface area contributed by atoms with Crippen molar-refractivity contribution in [3.63, 3.8) is 0 Å². The summed E-state index contributed by atoms with van der Waals surface area (Å²) in [6.45, 7) is 2.24. The number of aliphatic hydroxyl groups is 1. The molecule has 0 fully saturated rings. The number of esters is 1. The number of phosphoric acid groups is 1. The number of hydrogen-bond donors (Lipinski definition) is 4. The van der Waals surface area contributed by atoms with Crippen LogP contribution in [0, 0.1) is 0 Å². The van der Waals surface area contributed by atoms with Crippen LogP contribution in [-0.4, -0.2) is 64.9 Å². The number of carbonyl (C=O) groups excluding carboxylic acids is 2. The Morgan fingerprint density at radius 1 is 0.516 bits per heavy atom. The summed E-state index contributed by atoms with van der Waals surface area (Å²) < 4.78 is 26.8. The van der Waals surface area contributed by atoms with E-state index >= 15 is 0 Å². The van der Waals surface area contributed by atoms with Gasteiger partial charge in [0.1, 0.15) is 12.7 Å². The topological polar surface area (TPSA) is 169 Å². The van der Waals surface area contributed by atoms with Crippen molar-refractivity contribution >= 4 is 25.7 Å². The molecule has 0 rings (SSSR count). The number of unbranched alkanes of at least 4 members (excludes halogenated alkanes) is 3. The van der Waals surface area contributed by atoms with Crippen molar-refractivity contribution in [3.8, 4) is 0 Å². The smallest absolute Gasteiger partial charge is 0.472 e. The number of nitrogens with one attached hydrogen (secondary N) is 1. The largest absolute Gasteiger partial charge is 0.480 e. The molecule has 0 aromatic carbocycles. The summed E-state index contributed by atoms with van der Waals surface area (Å²) >= 11 is 0. The molecule has 11 nitrogen and oxygen atoms in total. The van der Waals surface area contributed by atoms with E-state index in [-0.39, 0.29) is 12.8 Å². The minimum atomic E-state index is -4.80. The lowest BCUT2D eigenvalue weighted by Gasteiger charge is -2.18. The Hall–Kier alpha value is -4.38. The van der Waals surface area contributed by atoms with Gasteiger partial charge in [0.25, 0.3) is 0 Å². The summed E-state index contributed by atoms with van der Waals surface area (Å²) in [5.74, 6) is -2.53. The zero-order valence-corrected chi connectivity index (χ0v) is 38.2. The Labute approximate surface area is 372 Å². The number of aliphatic hydroxyl groups excluding tert-OH is 1. The third-order valence-electron chi connectivity index (χ3n) is 8.45. The first kappa shape index (κ1) is 57.6. The zero-order chi connectivity index (χ0) is 45.6. The number of amides is 1. The molecule has 62 heavy (non-hydrogen) atoms. The first-order valence-electron chi connectivity index (χ1n) is 22.2. The number of carboxylic acids is 1. The maximum absolute atomic E-state index is 12.3. The fourth-order valence-corrected chi connectivity index (χ4v) is 5.84. The summed E-state index contributed by atoms with van der Waals surface area (Å²) in [6, 6.07) is -1.58. The first-order chi connectivity index (χ1) is 30.1. The summed E-state index contributed by atoms with van der Waals surface area (Å²) in [5, 5.41) is 21.8. The molecule has 0 heterocycles. The molecule has 0 saturated heterocycles. The second kappa shape index (κ2) is 43.3. The molecule has 3 unspecified atom stereocenters. The molecule has 0 aromatic heterocycles. The van der Waals surface area contributed by atoms with Crippen LogP contribution < -0.4 is 5.32 Å². The van der Waals surface area contributed by atoms with Crippen LogP contribution in [0.2, 0.25) is 0 Å². The zero-order valence-electron chi connectivity index (χ0n) is 37.4. The van der Waals surface area contributed by atoms with Crippen molar-refractivity contribution in [2.45, 2.75) is 142 Å². The van der Waals surface area contributed by atoms with Crippen molar-refractivity contribution in [2.24, 2.45) is 0 Å². The quantitative estimate of drug-likeness (QED) is 0.0202. The molecule has 3 atom stereocenters. The van der Waals surface area contributed by atoms with Crippen LogP contribution in [-0.2, 0) is 32.7 Å². The van der Waals surface area contributed by atoms with Crippen molar-refractivity contribution in [1.29, 1.82) is 0 Å². The van der Waals surface area contributed by atoms with E-state index in [1.54, 1.807) is 0 Å². The van der Waals surface area contributed by atoms with Crippen LogP contribution >= 0.6 is 7.82 Å². The lowest BCUT2D eigenvalue weighted by atomic mass is 10.1. The molecule has 0 aliphatic rings. The lowest BCUT2D eigenvalue weighted by Crippen LogP contribution is -2.43. The van der Waals surface area contributed by atoms with E-state index in [0.29, 0.717) is 12.8 Å². The van der Waals surface area contributed by atoms with Crippen molar-refractivity contribution in [2.75, 3.05) is 19.8 Å². The van der Waals surface area contributed by atoms with E-state index in [2.05, 4.69) is 135 Å². The average Bonchev–Trinajstić information content (AvgIpc) is 3.25. The van der Waals surface area contributed by atoms with Crippen molar-refractivity contribution in [3.05, 3.63) is 134 Å². The predicted octanol–water partition coefficient (Wildman–Crippen LogP) is 11.8. The number of carboxylic acid groups (broad SMARTS) is 1. The Morgan fingerprint density at radius 2 is 0.903 bits per heavy atom. The van der Waals surface area contributed by atoms with E-state index in [4.69, 9.17) is 13.8 Å². The average molecular weight is 882 g/mol. The normalized spacial score (nSPS) is 14.9. The third kappa shape index (κ3) is 42.3. The summed E-state index contributed by atoms with van der Waals surface area (Å²) in [7, 11) is -4.80. The molecule has 0 aliphatic carbocycles. The highest BCUT2D eigenvalue weighted by Gasteiger charge is 2.28. The standard InChI is InChI=1S/C50H76NO10P/c1-3-5-7-9-11-13-15-17-19-21-23-25-27-29-31-33-35-37-39-41-48(53)51-47(50(55)56)45-61-62(57,58)60-44-46(52)43-59-49(54)42-40-38-36-34-32-30-28-26-24-22-20-18-16-14-12-10-8-6-4-2/h5-8,11-14,17-20,23-26,29-32,36,38,46-47,52H,3-4,9-10,15-16,21-22,27-28,33-35,37,39-45H2,1-2H3,(H,51,53)(H,55,56)(H,57,58)/b7-5-,8-6-,13-11-,14-12-,19-17-,20-18-,25-23-,26-24-,31-29-,32-30-,38-36-. The number of rotatable bonds is 39. The molecule has 0 spiro atoms. The molecular formula is C50H76NO10P. The maximum Gasteiger partial charge on any atom is 0.472 e. The van der Waals surface area contributed by atoms with Gasteiger partial charge in [0.05, 0.1) is 13.2 Å². The monoisotopic (exact) mass is 882 g/mol. The molecule has 0 aliphatic heterocycles. The Bertz CT molecular complexity index is 1550. The number of carbonyl (C=O) groups is 3. The van der Waals surface area contributed by atoms with E-state index < -0.39 is 57.6 Å². The number of allylic oxidation sites excluding steroid dienone is 22. The molecule has 0 bridgehead atoms. The SMILES string of the molecule is CC/C=C\C/C=C\C/C=C\C/C=C\C/C=C\C/C=C\CCC(=O)OCC(O)COP(=O)(O)OCC(NC(=O)CCCCC/C=C\C/C=C\C/C=C\C/C=C\C/C=C\CC)C(=O)O. The van der Waals surface area contributed by atoms with E-state index in [1.807, 2.05) is 18.2 Å². The van der Waals surface area contributed by atoms with Crippen LogP contribution in [0.4, 0.5) is 0 Å². The van der Waals surface area contributed by atoms with Crippen LogP contribution in [0.15, 0.2) is 134 Å². The van der Waals surface area contributed by atoms with Gasteiger partial charge in [0.15, 0.2) is 6.04 Å². The number of hydrogen-bond acceptors (Lipinski definition) is 8. The highest BCUT2D eigenvalue weighted by molar-refractivity contribution is 7.47. The molecule has 346 valence electrons. The van der Waals surface area contributed by atoms with Gasteiger partial charge in [-0.15, -0.1) is 0 Å². The minimum Gasteiger partial charge on any atom is -0.480 e. The van der Waals surface area contributed by atoms with Gasteiger partial charge in [-0.05, 0) is 96.3 Å². The summed E-state index contributed by atoms with van der Waals surface area (Å²) in [4.78, 5) is 45.9. The minimum absolute atomic E-state index is 0.0880. The summed E-state index contributed by atoms with van der Waals surface area (Å²) in [6.07, 6.45) is 59.2. The molecule has 0 saturated carbocycles. The Morgan fingerprint density at radius 3 is 1.32 bits per heavy atom. The Balaban J connectivity index is 4.08. The maximum atomic E-state index is 12.3. The fourth-order valence-electron chi connectivity index (χ4n) is 5.07. The van der Waals surface area contributed by atoms with E-state index in [9.17, 15) is 34.1 Å². The van der Waals surface area contributed by atoms with E-state index in [0.717, 1.165) is 89.9 Å². The van der Waals surface area contributed by atoms with Gasteiger partial charge in [-0.3, -0.25) is 18.6 Å². The number of aliphatic carboxylic acids is 1. The molecule has 12 heteroatoms. The third-order valence-corrected chi connectivity index (χ3v) is 9.40. The van der Waals surface area contributed by atoms with Gasteiger partial charge >= 0.3 is 19.8 Å². The lowest BCUT2D eigenvalue weighted by molar-refractivity contribution is -0.147. The highest BCUT2D eigenvalue weighted by atomic mass is 31.2. The van der Waals surface area contributed by atoms with Gasteiger partial charge in [0, 0.05) is 12.8 Å². The Kier molecular flexibility index (Phi) is 40.2. The van der Waals surface area contributed by atoms with Crippen LogP contribution in [0.1, 0.15) is 129 Å². The van der Waals surface area contributed by atoms with Crippen molar-refractivity contribution < 1.29 is 47.8 Å². The van der Waals surface area contributed by atoms with Crippen LogP contribution in [0.25, 0.3) is 0 Å².